The molecule has 0 aromatic carbocycles. The van der Waals surface area contributed by atoms with Crippen molar-refractivity contribution in [1.82, 2.24) is 9.97 Å². The molecule has 6 atom stereocenters. The van der Waals surface area contributed by atoms with Crippen molar-refractivity contribution in [2.24, 2.45) is 23.2 Å². The van der Waals surface area contributed by atoms with Crippen molar-refractivity contribution in [3.63, 3.8) is 0 Å². The largest absolute Gasteiger partial charge is 0.462 e. The summed E-state index contributed by atoms with van der Waals surface area (Å²) in [6.07, 6.45) is 12.2. The van der Waals surface area contributed by atoms with Gasteiger partial charge in [-0.25, -0.2) is 9.97 Å². The number of carbonyl (C=O) groups is 1. The molecule has 0 bridgehead atoms. The van der Waals surface area contributed by atoms with Gasteiger partial charge in [-0.15, -0.1) is 0 Å². The smallest absolute Gasteiger partial charge is 0.302 e. The molecule has 5 heteroatoms. The van der Waals surface area contributed by atoms with Gasteiger partial charge in [-0.3, -0.25) is 4.79 Å². The van der Waals surface area contributed by atoms with E-state index in [1.54, 1.807) is 0 Å². The highest BCUT2D eigenvalue weighted by Crippen LogP contribution is 2.63. The van der Waals surface area contributed by atoms with E-state index in [-0.39, 0.29) is 22.9 Å². The molecule has 0 radical (unpaired) electrons. The van der Waals surface area contributed by atoms with E-state index in [1.807, 2.05) is 6.20 Å². The Morgan fingerprint density at radius 2 is 1.96 bits per heavy atom. The first-order chi connectivity index (χ1) is 13.3. The van der Waals surface area contributed by atoms with Crippen molar-refractivity contribution in [3.05, 3.63) is 29.1 Å². The van der Waals surface area contributed by atoms with E-state index in [4.69, 9.17) is 10.5 Å². The number of rotatable bonds is 1. The first-order valence-electron chi connectivity index (χ1n) is 10.8. The minimum absolute atomic E-state index is 0.0659. The van der Waals surface area contributed by atoms with Gasteiger partial charge < -0.3 is 10.5 Å². The zero-order valence-corrected chi connectivity index (χ0v) is 17.2. The fourth-order valence-electron chi connectivity index (χ4n) is 7.25. The van der Waals surface area contributed by atoms with E-state index in [2.05, 4.69) is 29.9 Å². The van der Waals surface area contributed by atoms with Gasteiger partial charge in [0.2, 0.25) is 5.95 Å². The Morgan fingerprint density at radius 3 is 2.75 bits per heavy atom. The highest BCUT2D eigenvalue weighted by atomic mass is 16.5. The Hall–Kier alpha value is -1.91. The molecule has 2 saturated carbocycles. The second-order valence-corrected chi connectivity index (χ2v) is 10.00. The maximum Gasteiger partial charge on any atom is 0.302 e. The average molecular weight is 382 g/mol. The van der Waals surface area contributed by atoms with Crippen molar-refractivity contribution in [2.45, 2.75) is 77.2 Å². The molecule has 4 aliphatic rings. The number of hydrogen-bond acceptors (Lipinski definition) is 5. The third kappa shape index (κ3) is 2.47. The van der Waals surface area contributed by atoms with Crippen LogP contribution in [0.3, 0.4) is 0 Å². The summed E-state index contributed by atoms with van der Waals surface area (Å²) in [5.41, 5.74) is 10.4. The van der Waals surface area contributed by atoms with E-state index >= 15 is 0 Å². The van der Waals surface area contributed by atoms with Crippen LogP contribution in [0.4, 0.5) is 5.95 Å². The fourth-order valence-corrected chi connectivity index (χ4v) is 7.25. The number of nitrogens with two attached hydrogens (primary N) is 1. The number of fused-ring (bicyclic) bond motifs is 7. The van der Waals surface area contributed by atoms with Gasteiger partial charge in [0.05, 0.1) is 5.69 Å². The molecular weight excluding hydrogens is 350 g/mol. The number of nitrogens with zero attached hydrogens (tertiary/aromatic N) is 2. The van der Waals surface area contributed by atoms with Crippen LogP contribution in [-0.2, 0) is 21.4 Å². The van der Waals surface area contributed by atoms with Gasteiger partial charge in [0.25, 0.3) is 0 Å². The van der Waals surface area contributed by atoms with E-state index in [1.165, 1.54) is 36.6 Å². The second kappa shape index (κ2) is 6.04. The molecule has 2 N–H and O–H groups in total. The van der Waals surface area contributed by atoms with Crippen molar-refractivity contribution >= 4 is 11.9 Å². The molecule has 2 fully saturated rings. The van der Waals surface area contributed by atoms with Crippen LogP contribution in [0.1, 0.15) is 70.6 Å². The van der Waals surface area contributed by atoms with E-state index < -0.39 is 0 Å². The van der Waals surface area contributed by atoms with Gasteiger partial charge in [-0.05, 0) is 67.3 Å². The monoisotopic (exact) mass is 381 g/mol. The van der Waals surface area contributed by atoms with Gasteiger partial charge >= 0.3 is 5.97 Å². The standard InChI is InChI=1S/C23H31N3O2/c1-13(27)28-16-6-8-22(2)15(11-16)4-5-17-18(22)7-9-23(3)19(17)10-14-12-25-21(24)26-20(14)23/h4,12,16-19H,5-11H2,1-3H3,(H2,24,25,26)/t16-,17+,18-,19-,22-,23-/m0/s1. The Morgan fingerprint density at radius 1 is 1.18 bits per heavy atom. The lowest BCUT2D eigenvalue weighted by molar-refractivity contribution is -0.148. The molecule has 1 aromatic heterocycles. The fraction of sp³-hybridized carbons (Fsp3) is 0.696. The van der Waals surface area contributed by atoms with Crippen molar-refractivity contribution in [2.75, 3.05) is 5.73 Å². The quantitative estimate of drug-likeness (QED) is 0.588. The molecule has 0 spiro atoms. The van der Waals surface area contributed by atoms with Gasteiger partial charge in [0.15, 0.2) is 0 Å². The lowest BCUT2D eigenvalue weighted by Gasteiger charge is -2.57. The Labute approximate surface area is 167 Å². The molecule has 1 aromatic rings. The maximum atomic E-state index is 11.4. The first-order valence-corrected chi connectivity index (χ1v) is 10.8. The molecule has 1 heterocycles. The number of allylic oxidation sites excluding steroid dienone is 1. The van der Waals surface area contributed by atoms with Crippen LogP contribution in [0, 0.1) is 23.2 Å². The van der Waals surface area contributed by atoms with Crippen molar-refractivity contribution in [1.29, 1.82) is 0 Å². The Balaban J connectivity index is 1.45. The van der Waals surface area contributed by atoms with Gasteiger partial charge in [0, 0.05) is 25.0 Å². The summed E-state index contributed by atoms with van der Waals surface area (Å²) < 4.78 is 5.55. The Bertz CT molecular complexity index is 865. The summed E-state index contributed by atoms with van der Waals surface area (Å²) >= 11 is 0. The summed E-state index contributed by atoms with van der Waals surface area (Å²) in [6, 6.07) is 0. The third-order valence-corrected chi connectivity index (χ3v) is 8.64. The Kier molecular flexibility index (Phi) is 3.91. The number of anilines is 1. The van der Waals surface area contributed by atoms with E-state index in [0.29, 0.717) is 23.7 Å². The van der Waals surface area contributed by atoms with Gasteiger partial charge in [-0.1, -0.05) is 25.5 Å². The summed E-state index contributed by atoms with van der Waals surface area (Å²) in [6.45, 7) is 6.40. The van der Waals surface area contributed by atoms with Gasteiger partial charge in [0.1, 0.15) is 6.10 Å². The molecule has 5 nitrogen and oxygen atoms in total. The van der Waals surface area contributed by atoms with Crippen LogP contribution in [-0.4, -0.2) is 22.0 Å². The number of nitrogen functional groups attached to an aromatic ring is 1. The molecule has 150 valence electrons. The molecule has 28 heavy (non-hydrogen) atoms. The lowest BCUT2D eigenvalue weighted by Crippen LogP contribution is -2.51. The van der Waals surface area contributed by atoms with Crippen LogP contribution in [0.25, 0.3) is 0 Å². The predicted octanol–water partition coefficient (Wildman–Crippen LogP) is 3.97. The second-order valence-electron chi connectivity index (χ2n) is 10.00. The zero-order chi connectivity index (χ0) is 19.7. The molecular formula is C23H31N3O2. The number of esters is 1. The van der Waals surface area contributed by atoms with Crippen molar-refractivity contribution in [3.8, 4) is 0 Å². The molecule has 0 saturated heterocycles. The molecule has 0 aliphatic heterocycles. The van der Waals surface area contributed by atoms with Crippen LogP contribution in [0.2, 0.25) is 0 Å². The molecule has 4 aliphatic carbocycles. The van der Waals surface area contributed by atoms with Gasteiger partial charge in [-0.2, -0.15) is 0 Å². The van der Waals surface area contributed by atoms with E-state index in [0.717, 1.165) is 32.1 Å². The summed E-state index contributed by atoms with van der Waals surface area (Å²) in [5, 5.41) is 0. The summed E-state index contributed by atoms with van der Waals surface area (Å²) in [5.74, 6) is 2.28. The number of aromatic nitrogens is 2. The average Bonchev–Trinajstić information content (AvgIpc) is 2.94. The third-order valence-electron chi connectivity index (χ3n) is 8.64. The summed E-state index contributed by atoms with van der Waals surface area (Å²) in [4.78, 5) is 20.4. The minimum Gasteiger partial charge on any atom is -0.462 e. The number of hydrogen-bond donors (Lipinski definition) is 1. The van der Waals surface area contributed by atoms with E-state index in [9.17, 15) is 4.79 Å². The highest BCUT2D eigenvalue weighted by molar-refractivity contribution is 5.66. The maximum absolute atomic E-state index is 11.4. The van der Waals surface area contributed by atoms with Crippen LogP contribution in [0.15, 0.2) is 17.8 Å². The number of carbonyl (C=O) groups excluding carboxylic acids is 1. The molecule has 0 unspecified atom stereocenters. The lowest BCUT2D eigenvalue weighted by atomic mass is 9.48. The van der Waals surface area contributed by atoms with Crippen LogP contribution in [0.5, 0.6) is 0 Å². The molecule has 5 rings (SSSR count). The van der Waals surface area contributed by atoms with Crippen LogP contribution < -0.4 is 5.73 Å². The highest BCUT2D eigenvalue weighted by Gasteiger charge is 2.58. The molecule has 0 amide bonds. The van der Waals surface area contributed by atoms with Crippen molar-refractivity contribution < 1.29 is 9.53 Å². The zero-order valence-electron chi connectivity index (χ0n) is 17.2. The van der Waals surface area contributed by atoms with Crippen LogP contribution >= 0.6 is 0 Å². The topological polar surface area (TPSA) is 78.1 Å². The number of ether oxygens (including phenoxy) is 1. The predicted molar refractivity (Wildman–Crippen MR) is 107 cm³/mol. The summed E-state index contributed by atoms with van der Waals surface area (Å²) in [7, 11) is 0. The first kappa shape index (κ1) is 18.1. The minimum atomic E-state index is -0.152. The normalized spacial score (nSPS) is 41.2. The SMILES string of the molecule is CC(=O)O[C@H]1CC[C@@]2(C)C(=CC[C@@H]3[C@@H]2CC[C@]2(C)c4nc(N)ncc4C[C@@H]32)C1.